The molecule has 0 aliphatic rings. The molecule has 7 heteroatoms. The van der Waals surface area contributed by atoms with Crippen LogP contribution in [0, 0.1) is 0 Å². The first-order chi connectivity index (χ1) is 13.1. The van der Waals surface area contributed by atoms with Gasteiger partial charge in [0.2, 0.25) is 5.95 Å². The topological polar surface area (TPSA) is 76.1 Å². The Labute approximate surface area is 162 Å². The lowest BCUT2D eigenvalue weighted by molar-refractivity contribution is 0.102. The summed E-state index contributed by atoms with van der Waals surface area (Å²) in [5, 5.41) is 6.53. The molecular weight excluding hydrogens is 364 g/mol. The maximum absolute atomic E-state index is 12.2. The molecule has 2 N–H and O–H groups in total. The van der Waals surface area contributed by atoms with Crippen LogP contribution in [0.5, 0.6) is 5.75 Å². The molecule has 0 aliphatic heterocycles. The van der Waals surface area contributed by atoms with Crippen molar-refractivity contribution in [3.05, 3.63) is 77.1 Å². The summed E-state index contributed by atoms with van der Waals surface area (Å²) in [7, 11) is 1.65. The number of aromatic nitrogens is 2. The van der Waals surface area contributed by atoms with Crippen molar-refractivity contribution in [1.29, 1.82) is 0 Å². The summed E-state index contributed by atoms with van der Waals surface area (Å²) in [6.07, 6.45) is 3.79. The highest BCUT2D eigenvalue weighted by atomic mass is 35.5. The third-order valence-corrected chi connectivity index (χ3v) is 4.10. The summed E-state index contributed by atoms with van der Waals surface area (Å²) < 4.78 is 5.21. The highest BCUT2D eigenvalue weighted by Crippen LogP contribution is 2.15. The third-order valence-electron chi connectivity index (χ3n) is 3.85. The lowest BCUT2D eigenvalue weighted by Gasteiger charge is -2.08. The summed E-state index contributed by atoms with van der Waals surface area (Å²) in [6.45, 7) is 0.670. The molecule has 1 heterocycles. The molecule has 0 atom stereocenters. The van der Waals surface area contributed by atoms with Crippen LogP contribution in [0.2, 0.25) is 5.02 Å². The highest BCUT2D eigenvalue weighted by Gasteiger charge is 2.08. The van der Waals surface area contributed by atoms with Crippen LogP contribution >= 0.6 is 11.6 Å². The molecule has 2 aromatic carbocycles. The first-order valence-corrected chi connectivity index (χ1v) is 8.77. The number of hydrogen-bond donors (Lipinski definition) is 2. The standard InChI is InChI=1S/C20H19ClN4O2/c1-27-18-4-2-3-14(11-18)9-10-22-20-23-12-15(13-24-20)19(26)25-17-7-5-16(21)6-8-17/h2-8,11-13H,9-10H2,1H3,(H,25,26)(H,22,23,24). The fourth-order valence-corrected chi connectivity index (χ4v) is 2.55. The quantitative estimate of drug-likeness (QED) is 0.644. The lowest BCUT2D eigenvalue weighted by atomic mass is 10.1. The van der Waals surface area contributed by atoms with Crippen molar-refractivity contribution in [3.8, 4) is 5.75 Å². The predicted octanol–water partition coefficient (Wildman–Crippen LogP) is 4.05. The molecule has 3 aromatic rings. The van der Waals surface area contributed by atoms with Crippen molar-refractivity contribution >= 4 is 29.1 Å². The number of amides is 1. The van der Waals surface area contributed by atoms with Crippen LogP contribution < -0.4 is 15.4 Å². The van der Waals surface area contributed by atoms with E-state index in [0.717, 1.165) is 17.7 Å². The second-order valence-electron chi connectivity index (χ2n) is 5.78. The summed E-state index contributed by atoms with van der Waals surface area (Å²) >= 11 is 5.83. The molecule has 27 heavy (non-hydrogen) atoms. The van der Waals surface area contributed by atoms with E-state index in [1.165, 1.54) is 12.4 Å². The first-order valence-electron chi connectivity index (χ1n) is 8.40. The van der Waals surface area contributed by atoms with Gasteiger partial charge in [-0.25, -0.2) is 9.97 Å². The minimum Gasteiger partial charge on any atom is -0.497 e. The molecule has 0 radical (unpaired) electrons. The molecule has 0 unspecified atom stereocenters. The molecule has 0 saturated heterocycles. The summed E-state index contributed by atoms with van der Waals surface area (Å²) in [5.41, 5.74) is 2.19. The molecule has 0 spiro atoms. The van der Waals surface area contributed by atoms with Crippen LogP contribution in [-0.2, 0) is 6.42 Å². The zero-order chi connectivity index (χ0) is 19.1. The fourth-order valence-electron chi connectivity index (χ4n) is 2.42. The molecule has 1 amide bonds. The molecule has 0 aliphatic carbocycles. The predicted molar refractivity (Wildman–Crippen MR) is 107 cm³/mol. The Kier molecular flexibility index (Phi) is 6.22. The number of benzene rings is 2. The van der Waals surface area contributed by atoms with Gasteiger partial charge in [0.1, 0.15) is 5.75 Å². The first kappa shape index (κ1) is 18.7. The number of carbonyl (C=O) groups excluding carboxylic acids is 1. The van der Waals surface area contributed by atoms with E-state index in [2.05, 4.69) is 20.6 Å². The highest BCUT2D eigenvalue weighted by molar-refractivity contribution is 6.30. The molecule has 0 saturated carbocycles. The monoisotopic (exact) mass is 382 g/mol. The van der Waals surface area contributed by atoms with Crippen LogP contribution in [-0.4, -0.2) is 29.5 Å². The molecule has 138 valence electrons. The molecule has 1 aromatic heterocycles. The van der Waals surface area contributed by atoms with Gasteiger partial charge in [0.05, 0.1) is 12.7 Å². The average molecular weight is 383 g/mol. The largest absolute Gasteiger partial charge is 0.497 e. The maximum Gasteiger partial charge on any atom is 0.258 e. The second kappa shape index (κ2) is 9.00. The Morgan fingerprint density at radius 3 is 2.56 bits per heavy atom. The van der Waals surface area contributed by atoms with E-state index >= 15 is 0 Å². The number of anilines is 2. The number of nitrogens with zero attached hydrogens (tertiary/aromatic N) is 2. The van der Waals surface area contributed by atoms with E-state index in [1.807, 2.05) is 24.3 Å². The van der Waals surface area contributed by atoms with E-state index in [1.54, 1.807) is 31.4 Å². The van der Waals surface area contributed by atoms with Gasteiger partial charge in [0.25, 0.3) is 5.91 Å². The van der Waals surface area contributed by atoms with E-state index in [-0.39, 0.29) is 5.91 Å². The van der Waals surface area contributed by atoms with Crippen molar-refractivity contribution in [3.63, 3.8) is 0 Å². The Hall–Kier alpha value is -3.12. The lowest BCUT2D eigenvalue weighted by Crippen LogP contribution is -2.14. The number of halogens is 1. The van der Waals surface area contributed by atoms with Crippen molar-refractivity contribution in [2.45, 2.75) is 6.42 Å². The maximum atomic E-state index is 12.2. The average Bonchev–Trinajstić information content (AvgIpc) is 2.70. The Morgan fingerprint density at radius 1 is 1.11 bits per heavy atom. The van der Waals surface area contributed by atoms with Crippen molar-refractivity contribution < 1.29 is 9.53 Å². The second-order valence-corrected chi connectivity index (χ2v) is 6.22. The third kappa shape index (κ3) is 5.43. The van der Waals surface area contributed by atoms with Gasteiger partial charge in [0.15, 0.2) is 0 Å². The molecule has 3 rings (SSSR count). The fraction of sp³-hybridized carbons (Fsp3) is 0.150. The SMILES string of the molecule is COc1cccc(CCNc2ncc(C(=O)Nc3ccc(Cl)cc3)cn2)c1. The van der Waals surface area contributed by atoms with Crippen LogP contribution in [0.1, 0.15) is 15.9 Å². The van der Waals surface area contributed by atoms with Crippen LogP contribution in [0.4, 0.5) is 11.6 Å². The van der Waals surface area contributed by atoms with Gasteiger partial charge in [-0.2, -0.15) is 0 Å². The van der Waals surface area contributed by atoms with E-state index in [9.17, 15) is 4.79 Å². The molecule has 0 fully saturated rings. The number of ether oxygens (including phenoxy) is 1. The summed E-state index contributed by atoms with van der Waals surface area (Å²) in [4.78, 5) is 20.6. The van der Waals surface area contributed by atoms with Crippen LogP contribution in [0.15, 0.2) is 60.9 Å². The van der Waals surface area contributed by atoms with Crippen molar-refractivity contribution in [2.24, 2.45) is 0 Å². The van der Waals surface area contributed by atoms with Crippen molar-refractivity contribution in [2.75, 3.05) is 24.3 Å². The smallest absolute Gasteiger partial charge is 0.258 e. The van der Waals surface area contributed by atoms with Crippen LogP contribution in [0.3, 0.4) is 0 Å². The minimum atomic E-state index is -0.278. The zero-order valence-electron chi connectivity index (χ0n) is 14.8. The Morgan fingerprint density at radius 2 is 1.85 bits per heavy atom. The zero-order valence-corrected chi connectivity index (χ0v) is 15.5. The molecule has 6 nitrogen and oxygen atoms in total. The minimum absolute atomic E-state index is 0.278. The number of rotatable bonds is 7. The van der Waals surface area contributed by atoms with Gasteiger partial charge in [-0.15, -0.1) is 0 Å². The van der Waals surface area contributed by atoms with Gasteiger partial charge in [0, 0.05) is 29.6 Å². The Bertz CT molecular complexity index is 899. The van der Waals surface area contributed by atoms with E-state index in [0.29, 0.717) is 28.8 Å². The number of nitrogens with one attached hydrogen (secondary N) is 2. The number of methoxy groups -OCH3 is 1. The summed E-state index contributed by atoms with van der Waals surface area (Å²) in [6, 6.07) is 14.8. The van der Waals surface area contributed by atoms with Gasteiger partial charge in [-0.1, -0.05) is 23.7 Å². The van der Waals surface area contributed by atoms with Gasteiger partial charge in [-0.3, -0.25) is 4.79 Å². The molecular formula is C20H19ClN4O2. The normalized spacial score (nSPS) is 10.3. The Balaban J connectivity index is 1.52. The van der Waals surface area contributed by atoms with Gasteiger partial charge in [-0.05, 0) is 48.4 Å². The van der Waals surface area contributed by atoms with Crippen LogP contribution in [0.25, 0.3) is 0 Å². The number of hydrogen-bond acceptors (Lipinski definition) is 5. The molecule has 0 bridgehead atoms. The number of carbonyl (C=O) groups is 1. The summed E-state index contributed by atoms with van der Waals surface area (Å²) in [5.74, 6) is 1.03. The van der Waals surface area contributed by atoms with Crippen molar-refractivity contribution in [1.82, 2.24) is 9.97 Å². The van der Waals surface area contributed by atoms with Gasteiger partial charge >= 0.3 is 0 Å². The van der Waals surface area contributed by atoms with E-state index in [4.69, 9.17) is 16.3 Å². The van der Waals surface area contributed by atoms with Gasteiger partial charge < -0.3 is 15.4 Å². The van der Waals surface area contributed by atoms with E-state index < -0.39 is 0 Å².